The number of pyridine rings is 1. The standard InChI is InChI=1S/C36H30N3O9S/c1-37-28-8-4-2-6-26(28)35(27-7-3-5-9-29(27)37)36(43)39(24-13-16-30-31(22-24)47-21-20-46-30)49(44,45)25-14-10-23(11-15-25)12-19-34(42)48-38-32(40)17-18-33(38)41/h2-11,13-16,22H,12,17-21H2,1H3/q+1. The molecule has 1 fully saturated rings. The number of anilines is 1. The third-order valence-corrected chi connectivity index (χ3v) is 10.2. The first-order chi connectivity index (χ1) is 23.6. The third-order valence-electron chi connectivity index (χ3n) is 8.51. The Morgan fingerprint density at radius 3 is 2.04 bits per heavy atom. The Balaban J connectivity index is 1.26. The van der Waals surface area contributed by atoms with Crippen molar-refractivity contribution in [3.8, 4) is 11.5 Å². The molecule has 3 amide bonds. The minimum atomic E-state index is -4.54. The topological polar surface area (TPSA) is 140 Å². The van der Waals surface area contributed by atoms with Gasteiger partial charge in [0.25, 0.3) is 27.7 Å². The smallest absolute Gasteiger partial charge is 0.333 e. The maximum absolute atomic E-state index is 14.9. The Hall–Kier alpha value is -5.82. The number of para-hydroxylation sites is 2. The summed E-state index contributed by atoms with van der Waals surface area (Å²) in [5.74, 6) is -1.94. The highest BCUT2D eigenvalue weighted by Gasteiger charge is 2.36. The summed E-state index contributed by atoms with van der Waals surface area (Å²) in [6.07, 6.45) is -0.0257. The maximum Gasteiger partial charge on any atom is 0.333 e. The lowest BCUT2D eigenvalue weighted by molar-refractivity contribution is -0.617. The number of aryl methyl sites for hydroxylation is 2. The van der Waals surface area contributed by atoms with Gasteiger partial charge in [-0.15, -0.1) is 5.06 Å². The van der Waals surface area contributed by atoms with E-state index < -0.39 is 33.7 Å². The van der Waals surface area contributed by atoms with Crippen molar-refractivity contribution in [2.24, 2.45) is 7.05 Å². The molecule has 0 bridgehead atoms. The molecule has 2 aliphatic heterocycles. The molecule has 1 saturated heterocycles. The summed E-state index contributed by atoms with van der Waals surface area (Å²) in [4.78, 5) is 55.5. The van der Waals surface area contributed by atoms with E-state index in [1.54, 1.807) is 30.3 Å². The lowest BCUT2D eigenvalue weighted by atomic mass is 10.0. The molecule has 0 saturated carbocycles. The van der Waals surface area contributed by atoms with E-state index in [0.717, 1.165) is 15.3 Å². The molecule has 3 heterocycles. The fourth-order valence-corrected chi connectivity index (χ4v) is 7.46. The highest BCUT2D eigenvalue weighted by Crippen LogP contribution is 2.38. The van der Waals surface area contributed by atoms with E-state index in [-0.39, 0.29) is 48.4 Å². The van der Waals surface area contributed by atoms with Crippen LogP contribution in [0.1, 0.15) is 35.2 Å². The van der Waals surface area contributed by atoms with Gasteiger partial charge in [0.2, 0.25) is 11.0 Å². The molecule has 7 rings (SSSR count). The second kappa shape index (κ2) is 12.7. The number of rotatable bonds is 8. The van der Waals surface area contributed by atoms with Crippen LogP contribution in [0.15, 0.2) is 95.9 Å². The monoisotopic (exact) mass is 680 g/mol. The number of benzene rings is 4. The van der Waals surface area contributed by atoms with Crippen LogP contribution in [0.2, 0.25) is 0 Å². The number of hydrogen-bond donors (Lipinski definition) is 0. The first-order valence-electron chi connectivity index (χ1n) is 15.6. The van der Waals surface area contributed by atoms with Crippen molar-refractivity contribution >= 4 is 61.2 Å². The second-order valence-corrected chi connectivity index (χ2v) is 13.3. The van der Waals surface area contributed by atoms with Crippen molar-refractivity contribution in [2.45, 2.75) is 30.6 Å². The normalized spacial score (nSPS) is 14.3. The highest BCUT2D eigenvalue weighted by atomic mass is 32.2. The number of carbonyl (C=O) groups excluding carboxylic acids is 4. The minimum absolute atomic E-state index is 0.0108. The molecule has 0 radical (unpaired) electrons. The Kier molecular flexibility index (Phi) is 8.20. The Labute approximate surface area is 281 Å². The number of sulfonamides is 1. The first-order valence-corrected chi connectivity index (χ1v) is 17.0. The molecule has 5 aromatic rings. The van der Waals surface area contributed by atoms with Gasteiger partial charge in [-0.05, 0) is 48.4 Å². The molecular weight excluding hydrogens is 650 g/mol. The predicted molar refractivity (Wildman–Crippen MR) is 176 cm³/mol. The van der Waals surface area contributed by atoms with Gasteiger partial charge in [0.05, 0.1) is 33.3 Å². The van der Waals surface area contributed by atoms with Crippen LogP contribution >= 0.6 is 0 Å². The molecule has 12 nitrogen and oxygen atoms in total. The summed E-state index contributed by atoms with van der Waals surface area (Å²) in [6, 6.07) is 25.0. The van der Waals surface area contributed by atoms with Crippen LogP contribution < -0.4 is 18.3 Å². The Morgan fingerprint density at radius 2 is 1.41 bits per heavy atom. The van der Waals surface area contributed by atoms with Gasteiger partial charge in [-0.1, -0.05) is 36.4 Å². The number of imide groups is 1. The lowest BCUT2D eigenvalue weighted by Gasteiger charge is -2.26. The lowest BCUT2D eigenvalue weighted by Crippen LogP contribution is -2.39. The summed E-state index contributed by atoms with van der Waals surface area (Å²) in [5, 5.41) is 1.64. The van der Waals surface area contributed by atoms with Gasteiger partial charge in [0.1, 0.15) is 20.3 Å². The Bertz CT molecular complexity index is 2210. The summed E-state index contributed by atoms with van der Waals surface area (Å²) < 4.78 is 43.3. The minimum Gasteiger partial charge on any atom is -0.486 e. The van der Waals surface area contributed by atoms with Gasteiger partial charge < -0.3 is 14.3 Å². The molecule has 0 aliphatic carbocycles. The number of amides is 3. The molecule has 0 atom stereocenters. The van der Waals surface area contributed by atoms with Crippen molar-refractivity contribution in [2.75, 3.05) is 17.5 Å². The number of aromatic nitrogens is 1. The van der Waals surface area contributed by atoms with Crippen molar-refractivity contribution < 1.29 is 46.5 Å². The van der Waals surface area contributed by atoms with Crippen molar-refractivity contribution in [1.29, 1.82) is 0 Å². The van der Waals surface area contributed by atoms with Crippen molar-refractivity contribution in [3.05, 3.63) is 102 Å². The van der Waals surface area contributed by atoms with E-state index in [9.17, 15) is 27.6 Å². The van der Waals surface area contributed by atoms with Gasteiger partial charge in [-0.3, -0.25) is 14.4 Å². The van der Waals surface area contributed by atoms with E-state index >= 15 is 0 Å². The summed E-state index contributed by atoms with van der Waals surface area (Å²) in [6.45, 7) is 0.603. The van der Waals surface area contributed by atoms with Crippen LogP contribution in [0.25, 0.3) is 21.8 Å². The van der Waals surface area contributed by atoms with Crippen LogP contribution in [-0.4, -0.2) is 50.4 Å². The first kappa shape index (κ1) is 31.8. The molecular formula is C36H30N3O9S+. The number of fused-ring (bicyclic) bond motifs is 3. The molecule has 4 aromatic carbocycles. The number of carbonyl (C=O) groups is 4. The molecule has 0 spiro atoms. The number of ether oxygens (including phenoxy) is 2. The van der Waals surface area contributed by atoms with Gasteiger partial charge in [0.15, 0.2) is 11.5 Å². The molecule has 49 heavy (non-hydrogen) atoms. The van der Waals surface area contributed by atoms with Crippen molar-refractivity contribution in [3.63, 3.8) is 0 Å². The van der Waals surface area contributed by atoms with Gasteiger partial charge >= 0.3 is 5.97 Å². The van der Waals surface area contributed by atoms with Crippen LogP contribution in [0, 0.1) is 0 Å². The van der Waals surface area contributed by atoms with E-state index in [4.69, 9.17) is 14.3 Å². The summed E-state index contributed by atoms with van der Waals surface area (Å²) >= 11 is 0. The fourth-order valence-electron chi connectivity index (χ4n) is 6.07. The molecule has 1 aromatic heterocycles. The third kappa shape index (κ3) is 5.82. The van der Waals surface area contributed by atoms with E-state index in [1.807, 2.05) is 35.9 Å². The molecule has 0 N–H and O–H groups in total. The zero-order valence-electron chi connectivity index (χ0n) is 26.3. The zero-order chi connectivity index (χ0) is 34.3. The van der Waals surface area contributed by atoms with Crippen LogP contribution in [0.3, 0.4) is 0 Å². The largest absolute Gasteiger partial charge is 0.486 e. The van der Waals surface area contributed by atoms with E-state index in [0.29, 0.717) is 39.5 Å². The SMILES string of the molecule is C[n+]1c2ccccc2c(C(=O)N(c2ccc3c(c2)OCCO3)S(=O)(=O)c2ccc(CCC(=O)ON3C(=O)CCC3=O)cc2)c2ccccc21. The number of hydrogen-bond acceptors (Lipinski definition) is 9. The number of hydroxylamine groups is 2. The van der Waals surface area contributed by atoms with E-state index in [1.165, 1.54) is 36.4 Å². The second-order valence-electron chi connectivity index (χ2n) is 11.6. The fraction of sp³-hybridized carbons (Fsp3) is 0.194. The molecule has 248 valence electrons. The van der Waals surface area contributed by atoms with Crippen LogP contribution in [0.4, 0.5) is 5.69 Å². The summed E-state index contributed by atoms with van der Waals surface area (Å²) in [5.41, 5.74) is 2.36. The predicted octanol–water partition coefficient (Wildman–Crippen LogP) is 4.16. The number of nitrogens with zero attached hydrogens (tertiary/aromatic N) is 3. The zero-order valence-corrected chi connectivity index (χ0v) is 27.1. The average molecular weight is 681 g/mol. The van der Waals surface area contributed by atoms with Gasteiger partial charge in [-0.2, -0.15) is 8.87 Å². The average Bonchev–Trinajstić information content (AvgIpc) is 3.43. The van der Waals surface area contributed by atoms with Crippen LogP contribution in [-0.2, 0) is 42.7 Å². The molecule has 13 heteroatoms. The van der Waals surface area contributed by atoms with Gasteiger partial charge in [-0.25, -0.2) is 13.2 Å². The quantitative estimate of drug-likeness (QED) is 0.134. The summed E-state index contributed by atoms with van der Waals surface area (Å²) in [7, 11) is -2.65. The maximum atomic E-state index is 14.9. The molecule has 2 aliphatic rings. The van der Waals surface area contributed by atoms with Gasteiger partial charge in [0, 0.05) is 31.0 Å². The Morgan fingerprint density at radius 1 is 0.816 bits per heavy atom. The van der Waals surface area contributed by atoms with Crippen LogP contribution in [0.5, 0.6) is 11.5 Å². The van der Waals surface area contributed by atoms with E-state index in [2.05, 4.69) is 0 Å². The van der Waals surface area contributed by atoms with Crippen molar-refractivity contribution in [1.82, 2.24) is 5.06 Å². The highest BCUT2D eigenvalue weighted by molar-refractivity contribution is 7.93. The molecule has 0 unspecified atom stereocenters.